The lowest BCUT2D eigenvalue weighted by Crippen LogP contribution is -2.38. The summed E-state index contributed by atoms with van der Waals surface area (Å²) < 4.78 is 6.31. The van der Waals surface area contributed by atoms with E-state index in [0.29, 0.717) is 11.5 Å². The zero-order valence-electron chi connectivity index (χ0n) is 10.7. The molecule has 1 fully saturated rings. The normalized spacial score (nSPS) is 20.7. The molecule has 3 nitrogen and oxygen atoms in total. The predicted octanol–water partition coefficient (Wildman–Crippen LogP) is 2.91. The first-order chi connectivity index (χ1) is 8.58. The van der Waals surface area contributed by atoms with Crippen molar-refractivity contribution in [2.24, 2.45) is 5.92 Å². The van der Waals surface area contributed by atoms with E-state index in [-0.39, 0.29) is 11.9 Å². The van der Waals surface area contributed by atoms with Crippen molar-refractivity contribution in [3.8, 4) is 0 Å². The molecule has 0 aromatic heterocycles. The summed E-state index contributed by atoms with van der Waals surface area (Å²) in [5.41, 5.74) is 1.82. The average molecular weight is 312 g/mol. The van der Waals surface area contributed by atoms with Crippen LogP contribution in [-0.2, 0) is 4.74 Å². The minimum atomic E-state index is -0.0184. The highest BCUT2D eigenvalue weighted by Gasteiger charge is 2.23. The number of aryl methyl sites for hydroxylation is 1. The molecule has 1 amide bonds. The summed E-state index contributed by atoms with van der Waals surface area (Å²) in [5, 5.41) is 3.05. The van der Waals surface area contributed by atoms with Gasteiger partial charge in [0.05, 0.1) is 6.61 Å². The predicted molar refractivity (Wildman–Crippen MR) is 74.7 cm³/mol. The van der Waals surface area contributed by atoms with Crippen molar-refractivity contribution in [1.82, 2.24) is 5.32 Å². The molecule has 1 heterocycles. The van der Waals surface area contributed by atoms with E-state index in [4.69, 9.17) is 4.74 Å². The molecule has 0 saturated carbocycles. The number of amides is 1. The van der Waals surface area contributed by atoms with E-state index in [1.54, 1.807) is 0 Å². The molecule has 4 heteroatoms. The molecular weight excluding hydrogens is 294 g/mol. The van der Waals surface area contributed by atoms with Crippen LogP contribution in [0.15, 0.2) is 22.7 Å². The Balaban J connectivity index is 2.00. The van der Waals surface area contributed by atoms with E-state index in [9.17, 15) is 4.79 Å². The fourth-order valence-corrected chi connectivity index (χ4v) is 2.47. The first kappa shape index (κ1) is 13.6. The monoisotopic (exact) mass is 311 g/mol. The number of ether oxygens (including phenoxy) is 1. The maximum Gasteiger partial charge on any atom is 0.251 e. The third-order valence-electron chi connectivity index (χ3n) is 3.46. The van der Waals surface area contributed by atoms with E-state index in [1.807, 2.05) is 32.0 Å². The third-order valence-corrected chi connectivity index (χ3v) is 4.32. The molecular formula is C14H18BrNO2. The van der Waals surface area contributed by atoms with Crippen molar-refractivity contribution in [3.05, 3.63) is 33.8 Å². The van der Waals surface area contributed by atoms with E-state index in [1.165, 1.54) is 0 Å². The highest BCUT2D eigenvalue weighted by molar-refractivity contribution is 9.10. The topological polar surface area (TPSA) is 38.3 Å². The van der Waals surface area contributed by atoms with Crippen molar-refractivity contribution < 1.29 is 9.53 Å². The van der Waals surface area contributed by atoms with E-state index < -0.39 is 0 Å². The molecule has 0 aliphatic carbocycles. The third kappa shape index (κ3) is 3.12. The number of rotatable bonds is 3. The Bertz CT molecular complexity index is 441. The second kappa shape index (κ2) is 5.85. The smallest absolute Gasteiger partial charge is 0.251 e. The minimum absolute atomic E-state index is 0.0184. The van der Waals surface area contributed by atoms with Crippen LogP contribution in [0.3, 0.4) is 0 Å². The quantitative estimate of drug-likeness (QED) is 0.932. The Morgan fingerprint density at radius 2 is 2.33 bits per heavy atom. The van der Waals surface area contributed by atoms with Gasteiger partial charge in [-0.05, 0) is 38.0 Å². The van der Waals surface area contributed by atoms with E-state index in [2.05, 4.69) is 21.2 Å². The summed E-state index contributed by atoms with van der Waals surface area (Å²) in [6.45, 7) is 5.60. The summed E-state index contributed by atoms with van der Waals surface area (Å²) in [5.74, 6) is 0.415. The molecule has 0 bridgehead atoms. The molecule has 1 aromatic carbocycles. The zero-order valence-corrected chi connectivity index (χ0v) is 12.3. The standard InChI is InChI=1S/C14H18BrNO2/c1-9-3-4-11(7-13(9)15)14(17)16-10(2)12-5-6-18-8-12/h3-4,7,10,12H,5-6,8H2,1-2H3,(H,16,17). The van der Waals surface area contributed by atoms with Crippen LogP contribution < -0.4 is 5.32 Å². The minimum Gasteiger partial charge on any atom is -0.381 e. The van der Waals surface area contributed by atoms with Crippen molar-refractivity contribution in [2.45, 2.75) is 26.3 Å². The lowest BCUT2D eigenvalue weighted by atomic mass is 10.0. The van der Waals surface area contributed by atoms with Crippen molar-refractivity contribution >= 4 is 21.8 Å². The molecule has 1 aliphatic rings. The van der Waals surface area contributed by atoms with E-state index >= 15 is 0 Å². The second-order valence-electron chi connectivity index (χ2n) is 4.85. The van der Waals surface area contributed by atoms with Crippen LogP contribution in [0.25, 0.3) is 0 Å². The van der Waals surface area contributed by atoms with Crippen LogP contribution in [-0.4, -0.2) is 25.2 Å². The molecule has 1 N–H and O–H groups in total. The number of carbonyl (C=O) groups is 1. The number of benzene rings is 1. The highest BCUT2D eigenvalue weighted by Crippen LogP contribution is 2.19. The second-order valence-corrected chi connectivity index (χ2v) is 5.70. The van der Waals surface area contributed by atoms with Crippen LogP contribution in [0, 0.1) is 12.8 Å². The summed E-state index contributed by atoms with van der Waals surface area (Å²) in [4.78, 5) is 12.1. The first-order valence-corrected chi connectivity index (χ1v) is 7.02. The number of carbonyl (C=O) groups excluding carboxylic acids is 1. The Labute approximate surface area is 116 Å². The van der Waals surface area contributed by atoms with Crippen molar-refractivity contribution in [1.29, 1.82) is 0 Å². The van der Waals surface area contributed by atoms with Crippen LogP contribution in [0.5, 0.6) is 0 Å². The lowest BCUT2D eigenvalue weighted by molar-refractivity contribution is 0.0922. The molecule has 98 valence electrons. The van der Waals surface area contributed by atoms with Gasteiger partial charge in [0, 0.05) is 28.6 Å². The molecule has 2 unspecified atom stereocenters. The number of halogens is 1. The molecule has 1 saturated heterocycles. The Morgan fingerprint density at radius 1 is 1.56 bits per heavy atom. The van der Waals surface area contributed by atoms with Gasteiger partial charge in [0.1, 0.15) is 0 Å². The summed E-state index contributed by atoms with van der Waals surface area (Å²) in [7, 11) is 0. The number of hydrogen-bond donors (Lipinski definition) is 1. The zero-order chi connectivity index (χ0) is 13.1. The molecule has 18 heavy (non-hydrogen) atoms. The molecule has 1 aromatic rings. The van der Waals surface area contributed by atoms with Crippen LogP contribution >= 0.6 is 15.9 Å². The van der Waals surface area contributed by atoms with Crippen molar-refractivity contribution in [3.63, 3.8) is 0 Å². The molecule has 0 spiro atoms. The summed E-state index contributed by atoms with van der Waals surface area (Å²) in [6.07, 6.45) is 1.03. The van der Waals surface area contributed by atoms with Gasteiger partial charge in [-0.2, -0.15) is 0 Å². The van der Waals surface area contributed by atoms with Crippen molar-refractivity contribution in [2.75, 3.05) is 13.2 Å². The molecule has 2 atom stereocenters. The number of nitrogens with one attached hydrogen (secondary N) is 1. The van der Waals surface area contributed by atoms with Gasteiger partial charge < -0.3 is 10.1 Å². The van der Waals surface area contributed by atoms with Crippen LogP contribution in [0.4, 0.5) is 0 Å². The SMILES string of the molecule is Cc1ccc(C(=O)NC(C)C2CCOC2)cc1Br. The van der Waals surface area contributed by atoms with Gasteiger partial charge in [0.2, 0.25) is 0 Å². The van der Waals surface area contributed by atoms with Gasteiger partial charge in [-0.15, -0.1) is 0 Å². The Kier molecular flexibility index (Phi) is 4.40. The molecule has 2 rings (SSSR count). The lowest BCUT2D eigenvalue weighted by Gasteiger charge is -2.19. The van der Waals surface area contributed by atoms with Gasteiger partial charge in [-0.1, -0.05) is 22.0 Å². The van der Waals surface area contributed by atoms with Gasteiger partial charge in [0.25, 0.3) is 5.91 Å². The van der Waals surface area contributed by atoms with Crippen LogP contribution in [0.1, 0.15) is 29.3 Å². The maximum atomic E-state index is 12.1. The van der Waals surface area contributed by atoms with Gasteiger partial charge in [-0.25, -0.2) is 0 Å². The Morgan fingerprint density at radius 3 is 2.94 bits per heavy atom. The number of hydrogen-bond acceptors (Lipinski definition) is 2. The summed E-state index contributed by atoms with van der Waals surface area (Å²) in [6, 6.07) is 5.82. The first-order valence-electron chi connectivity index (χ1n) is 6.22. The van der Waals surface area contributed by atoms with Gasteiger partial charge >= 0.3 is 0 Å². The fraction of sp³-hybridized carbons (Fsp3) is 0.500. The maximum absolute atomic E-state index is 12.1. The summed E-state index contributed by atoms with van der Waals surface area (Å²) >= 11 is 3.45. The average Bonchev–Trinajstić information content (AvgIpc) is 2.86. The highest BCUT2D eigenvalue weighted by atomic mass is 79.9. The molecule has 1 aliphatic heterocycles. The van der Waals surface area contributed by atoms with Gasteiger partial charge in [0.15, 0.2) is 0 Å². The van der Waals surface area contributed by atoms with Crippen LogP contribution in [0.2, 0.25) is 0 Å². The largest absolute Gasteiger partial charge is 0.381 e. The fourth-order valence-electron chi connectivity index (χ4n) is 2.09. The molecule has 0 radical (unpaired) electrons. The van der Waals surface area contributed by atoms with E-state index in [0.717, 1.165) is 29.7 Å². The van der Waals surface area contributed by atoms with Gasteiger partial charge in [-0.3, -0.25) is 4.79 Å². The Hall–Kier alpha value is -0.870.